The summed E-state index contributed by atoms with van der Waals surface area (Å²) in [5, 5.41) is 7.18. The van der Waals surface area contributed by atoms with E-state index in [2.05, 4.69) is 34.9 Å². The first-order chi connectivity index (χ1) is 17.6. The number of carbonyl (C=O) groups is 2. The number of hydrogen-bond acceptors (Lipinski definition) is 5. The lowest BCUT2D eigenvalue weighted by atomic mass is 10.1. The van der Waals surface area contributed by atoms with Crippen LogP contribution < -0.4 is 10.6 Å². The Hall–Kier alpha value is -4.13. The van der Waals surface area contributed by atoms with Crippen molar-refractivity contribution in [1.29, 1.82) is 0 Å². The molecule has 1 fully saturated rings. The number of aromatic nitrogens is 2. The molecule has 7 heteroatoms. The van der Waals surface area contributed by atoms with E-state index in [9.17, 15) is 9.59 Å². The molecule has 2 aromatic carbocycles. The molecule has 2 heterocycles. The zero-order valence-corrected chi connectivity index (χ0v) is 20.4. The number of hydrogen-bond donors (Lipinski definition) is 2. The highest BCUT2D eigenvalue weighted by Gasteiger charge is 2.33. The molecule has 1 aliphatic carbocycles. The van der Waals surface area contributed by atoms with Crippen LogP contribution >= 0.6 is 0 Å². The van der Waals surface area contributed by atoms with Crippen molar-refractivity contribution in [2.45, 2.75) is 32.2 Å². The van der Waals surface area contributed by atoms with E-state index >= 15 is 0 Å². The average molecular weight is 483 g/mol. The van der Waals surface area contributed by atoms with E-state index in [-0.39, 0.29) is 11.8 Å². The SMILES string of the molecule is COC(=O)c1c(NC(=O)C2CC2)c2cc(NCCCc3ccccc3)cnc2n1Cc1ccccc1. The number of rotatable bonds is 10. The molecule has 7 nitrogen and oxygen atoms in total. The van der Waals surface area contributed by atoms with Crippen LogP contribution in [-0.2, 0) is 22.5 Å². The minimum Gasteiger partial charge on any atom is -0.464 e. The summed E-state index contributed by atoms with van der Waals surface area (Å²) in [6.07, 6.45) is 5.46. The summed E-state index contributed by atoms with van der Waals surface area (Å²) < 4.78 is 6.97. The van der Waals surface area contributed by atoms with Gasteiger partial charge in [-0.25, -0.2) is 9.78 Å². The van der Waals surface area contributed by atoms with Crippen LogP contribution in [0.3, 0.4) is 0 Å². The minimum atomic E-state index is -0.507. The topological polar surface area (TPSA) is 85.2 Å². The van der Waals surface area contributed by atoms with Crippen LogP contribution in [0.25, 0.3) is 11.0 Å². The molecule has 4 aromatic rings. The average Bonchev–Trinajstić information content (AvgIpc) is 3.73. The maximum Gasteiger partial charge on any atom is 0.356 e. The third kappa shape index (κ3) is 5.25. The molecule has 2 aromatic heterocycles. The number of carbonyl (C=O) groups excluding carboxylic acids is 2. The number of anilines is 2. The van der Waals surface area contributed by atoms with Crippen LogP contribution in [0.2, 0.25) is 0 Å². The molecule has 0 aliphatic heterocycles. The van der Waals surface area contributed by atoms with E-state index in [4.69, 9.17) is 9.72 Å². The number of benzene rings is 2. The summed E-state index contributed by atoms with van der Waals surface area (Å²) >= 11 is 0. The van der Waals surface area contributed by atoms with Gasteiger partial charge >= 0.3 is 5.97 Å². The largest absolute Gasteiger partial charge is 0.464 e. The van der Waals surface area contributed by atoms with Crippen molar-refractivity contribution in [2.75, 3.05) is 24.3 Å². The molecule has 0 bridgehead atoms. The highest BCUT2D eigenvalue weighted by molar-refractivity contribution is 6.11. The Bertz CT molecular complexity index is 1360. The summed E-state index contributed by atoms with van der Waals surface area (Å²) in [4.78, 5) is 30.5. The van der Waals surface area contributed by atoms with Crippen LogP contribution in [-0.4, -0.2) is 35.1 Å². The second-order valence-electron chi connectivity index (χ2n) is 9.16. The number of amides is 1. The van der Waals surface area contributed by atoms with Crippen LogP contribution in [0.5, 0.6) is 0 Å². The number of methoxy groups -OCH3 is 1. The van der Waals surface area contributed by atoms with Crippen LogP contribution in [0, 0.1) is 5.92 Å². The van der Waals surface area contributed by atoms with E-state index in [1.54, 1.807) is 6.20 Å². The Morgan fingerprint density at radius 3 is 2.39 bits per heavy atom. The molecular weight excluding hydrogens is 452 g/mol. The Kier molecular flexibility index (Phi) is 6.98. The Labute approximate surface area is 210 Å². The smallest absolute Gasteiger partial charge is 0.356 e. The normalized spacial score (nSPS) is 12.9. The van der Waals surface area contributed by atoms with E-state index in [1.807, 2.05) is 47.0 Å². The Morgan fingerprint density at radius 2 is 1.72 bits per heavy atom. The van der Waals surface area contributed by atoms with Crippen LogP contribution in [0.15, 0.2) is 72.9 Å². The van der Waals surface area contributed by atoms with Crippen molar-refractivity contribution in [3.05, 3.63) is 89.7 Å². The lowest BCUT2D eigenvalue weighted by Crippen LogP contribution is -2.18. The third-order valence-corrected chi connectivity index (χ3v) is 6.47. The molecular formula is C29H30N4O3. The van der Waals surface area contributed by atoms with Gasteiger partial charge in [-0.15, -0.1) is 0 Å². The van der Waals surface area contributed by atoms with E-state index in [1.165, 1.54) is 12.7 Å². The van der Waals surface area contributed by atoms with Gasteiger partial charge in [0.05, 0.1) is 24.7 Å². The van der Waals surface area contributed by atoms with Crippen molar-refractivity contribution in [3.8, 4) is 0 Å². The minimum absolute atomic E-state index is 0.00438. The molecule has 1 amide bonds. The predicted molar refractivity (Wildman–Crippen MR) is 141 cm³/mol. The third-order valence-electron chi connectivity index (χ3n) is 6.47. The molecule has 0 unspecified atom stereocenters. The number of pyridine rings is 1. The highest BCUT2D eigenvalue weighted by Crippen LogP contribution is 2.36. The van der Waals surface area contributed by atoms with Gasteiger partial charge in [0.1, 0.15) is 5.65 Å². The first kappa shape index (κ1) is 23.6. The molecule has 0 atom stereocenters. The number of fused-ring (bicyclic) bond motifs is 1. The van der Waals surface area contributed by atoms with Crippen molar-refractivity contribution in [3.63, 3.8) is 0 Å². The first-order valence-electron chi connectivity index (χ1n) is 12.4. The van der Waals surface area contributed by atoms with Gasteiger partial charge in [-0.1, -0.05) is 60.7 Å². The quantitative estimate of drug-likeness (QED) is 0.238. The molecule has 5 rings (SSSR count). The summed E-state index contributed by atoms with van der Waals surface area (Å²) in [5.74, 6) is -0.581. The van der Waals surface area contributed by atoms with Gasteiger partial charge in [-0.3, -0.25) is 4.79 Å². The van der Waals surface area contributed by atoms with Gasteiger partial charge in [-0.2, -0.15) is 0 Å². The van der Waals surface area contributed by atoms with Gasteiger partial charge in [0.15, 0.2) is 5.69 Å². The summed E-state index contributed by atoms with van der Waals surface area (Å²) in [6, 6.07) is 22.2. The second kappa shape index (κ2) is 10.6. The fourth-order valence-electron chi connectivity index (χ4n) is 4.42. The molecule has 0 radical (unpaired) electrons. The number of ether oxygens (including phenoxy) is 1. The molecule has 184 valence electrons. The number of nitrogens with one attached hydrogen (secondary N) is 2. The van der Waals surface area contributed by atoms with E-state index in [0.29, 0.717) is 29.0 Å². The van der Waals surface area contributed by atoms with Gasteiger partial charge in [0.25, 0.3) is 0 Å². The first-order valence-corrected chi connectivity index (χ1v) is 12.4. The van der Waals surface area contributed by atoms with Crippen LogP contribution in [0.4, 0.5) is 11.4 Å². The fourth-order valence-corrected chi connectivity index (χ4v) is 4.42. The highest BCUT2D eigenvalue weighted by atomic mass is 16.5. The van der Waals surface area contributed by atoms with Crippen molar-refractivity contribution in [2.24, 2.45) is 5.92 Å². The predicted octanol–water partition coefficient (Wildman–Crippen LogP) is 5.26. The van der Waals surface area contributed by atoms with Gasteiger partial charge in [-0.05, 0) is 42.9 Å². The summed E-state index contributed by atoms with van der Waals surface area (Å²) in [7, 11) is 1.35. The van der Waals surface area contributed by atoms with Crippen molar-refractivity contribution >= 4 is 34.3 Å². The van der Waals surface area contributed by atoms with Crippen LogP contribution in [0.1, 0.15) is 40.9 Å². The lowest BCUT2D eigenvalue weighted by Gasteiger charge is -2.11. The van der Waals surface area contributed by atoms with Crippen molar-refractivity contribution in [1.82, 2.24) is 9.55 Å². The van der Waals surface area contributed by atoms with Crippen molar-refractivity contribution < 1.29 is 14.3 Å². The number of esters is 1. The van der Waals surface area contributed by atoms with E-state index < -0.39 is 5.97 Å². The second-order valence-corrected chi connectivity index (χ2v) is 9.16. The van der Waals surface area contributed by atoms with Gasteiger partial charge < -0.3 is 19.9 Å². The maximum absolute atomic E-state index is 13.0. The molecule has 2 N–H and O–H groups in total. The molecule has 0 saturated heterocycles. The Morgan fingerprint density at radius 1 is 1.03 bits per heavy atom. The van der Waals surface area contributed by atoms with Gasteiger partial charge in [0.2, 0.25) is 5.91 Å². The zero-order valence-electron chi connectivity index (χ0n) is 20.4. The molecule has 36 heavy (non-hydrogen) atoms. The number of aryl methyl sites for hydroxylation is 1. The monoisotopic (exact) mass is 482 g/mol. The lowest BCUT2D eigenvalue weighted by molar-refractivity contribution is -0.117. The number of nitrogens with zero attached hydrogens (tertiary/aromatic N) is 2. The van der Waals surface area contributed by atoms with E-state index in [0.717, 1.165) is 43.5 Å². The van der Waals surface area contributed by atoms with Gasteiger partial charge in [0, 0.05) is 24.4 Å². The summed E-state index contributed by atoms with van der Waals surface area (Å²) in [5.41, 5.74) is 4.55. The standard InChI is InChI=1S/C29H30N4O3/c1-36-29(35)26-25(32-28(34)22-14-15-22)24-17-23(30-16-8-13-20-9-4-2-5-10-20)18-31-27(24)33(26)19-21-11-6-3-7-12-21/h2-7,9-12,17-18,22,30H,8,13-16,19H2,1H3,(H,32,34). The molecule has 1 saturated carbocycles. The summed E-state index contributed by atoms with van der Waals surface area (Å²) in [6.45, 7) is 1.21. The maximum atomic E-state index is 13.0. The molecule has 1 aliphatic rings. The zero-order chi connectivity index (χ0) is 24.9. The fraction of sp³-hybridized carbons (Fsp3) is 0.276. The molecule has 0 spiro atoms. The Balaban J connectivity index is 1.47.